The Hall–Kier alpha value is -1.28. The third kappa shape index (κ3) is 4.34. The molecule has 2 rings (SSSR count). The molecule has 114 valence electrons. The second-order valence-corrected chi connectivity index (χ2v) is 7.70. The normalized spacial score (nSPS) is 13.3. The Balaban J connectivity index is 2.03. The number of sulfonamides is 1. The van der Waals surface area contributed by atoms with Gasteiger partial charge in [-0.1, -0.05) is 12.1 Å². The van der Waals surface area contributed by atoms with Crippen molar-refractivity contribution < 1.29 is 8.42 Å². The zero-order valence-corrected chi connectivity index (χ0v) is 13.7. The van der Waals surface area contributed by atoms with Gasteiger partial charge in [0.2, 0.25) is 10.0 Å². The number of aromatic nitrogens is 1. The molecule has 5 nitrogen and oxygen atoms in total. The minimum absolute atomic E-state index is 0.196. The van der Waals surface area contributed by atoms with Crippen LogP contribution in [0.5, 0.6) is 0 Å². The number of nitrogens with two attached hydrogens (primary N) is 1. The highest BCUT2D eigenvalue weighted by Crippen LogP contribution is 2.16. The number of benzene rings is 1. The van der Waals surface area contributed by atoms with E-state index in [1.54, 1.807) is 29.5 Å². The third-order valence-corrected chi connectivity index (χ3v) is 5.31. The zero-order chi connectivity index (χ0) is 15.5. The van der Waals surface area contributed by atoms with Crippen LogP contribution in [0.2, 0.25) is 0 Å². The highest BCUT2D eigenvalue weighted by molar-refractivity contribution is 7.89. The predicted molar refractivity (Wildman–Crippen MR) is 84.8 cm³/mol. The van der Waals surface area contributed by atoms with Gasteiger partial charge in [-0.3, -0.25) is 0 Å². The molecule has 0 spiro atoms. The van der Waals surface area contributed by atoms with E-state index in [4.69, 9.17) is 5.73 Å². The van der Waals surface area contributed by atoms with Gasteiger partial charge < -0.3 is 5.73 Å². The van der Waals surface area contributed by atoms with Crippen LogP contribution in [0.4, 0.5) is 0 Å². The zero-order valence-electron chi connectivity index (χ0n) is 12.0. The lowest BCUT2D eigenvalue weighted by atomic mass is 10.1. The lowest BCUT2D eigenvalue weighted by Gasteiger charge is -2.09. The Bertz CT molecular complexity index is 709. The number of thiazole rings is 1. The molecule has 0 amide bonds. The summed E-state index contributed by atoms with van der Waals surface area (Å²) >= 11 is 1.56. The van der Waals surface area contributed by atoms with Gasteiger partial charge in [0.05, 0.1) is 15.6 Å². The Morgan fingerprint density at radius 3 is 2.81 bits per heavy atom. The molecule has 3 N–H and O–H groups in total. The van der Waals surface area contributed by atoms with E-state index in [0.717, 1.165) is 16.3 Å². The Kier molecular flexibility index (Phi) is 5.10. The first-order valence-electron chi connectivity index (χ1n) is 6.65. The standard InChI is InChI=1S/C14H19N3O2S2/c1-10(15)12-4-3-5-14(8-12)21(18,19)16-7-6-13-9-20-11(2)17-13/h3-5,8-10,16H,6-7,15H2,1-2H3. The Labute approximate surface area is 129 Å². The van der Waals surface area contributed by atoms with Gasteiger partial charge in [0, 0.05) is 24.4 Å². The summed E-state index contributed by atoms with van der Waals surface area (Å²) in [6.07, 6.45) is 0.580. The SMILES string of the molecule is Cc1nc(CCNS(=O)(=O)c2cccc(C(C)N)c2)cs1. The van der Waals surface area contributed by atoms with Gasteiger partial charge in [-0.15, -0.1) is 11.3 Å². The molecule has 0 bridgehead atoms. The van der Waals surface area contributed by atoms with E-state index in [2.05, 4.69) is 9.71 Å². The fraction of sp³-hybridized carbons (Fsp3) is 0.357. The molecular formula is C14H19N3O2S2. The summed E-state index contributed by atoms with van der Waals surface area (Å²) in [5.74, 6) is 0. The number of hydrogen-bond acceptors (Lipinski definition) is 5. The predicted octanol–water partition coefficient (Wildman–Crippen LogP) is 1.99. The van der Waals surface area contributed by atoms with Crippen LogP contribution in [0.3, 0.4) is 0 Å². The number of hydrogen-bond donors (Lipinski definition) is 2. The topological polar surface area (TPSA) is 85.1 Å². The first-order chi connectivity index (χ1) is 9.88. The van der Waals surface area contributed by atoms with Crippen molar-refractivity contribution in [2.75, 3.05) is 6.54 Å². The highest BCUT2D eigenvalue weighted by atomic mass is 32.2. The minimum atomic E-state index is -3.51. The largest absolute Gasteiger partial charge is 0.324 e. The van der Waals surface area contributed by atoms with Crippen LogP contribution in [0, 0.1) is 6.92 Å². The van der Waals surface area contributed by atoms with Crippen molar-refractivity contribution in [2.45, 2.75) is 31.2 Å². The van der Waals surface area contributed by atoms with Gasteiger partial charge in [0.1, 0.15) is 0 Å². The lowest BCUT2D eigenvalue weighted by molar-refractivity contribution is 0.581. The van der Waals surface area contributed by atoms with E-state index in [1.807, 2.05) is 25.3 Å². The Morgan fingerprint density at radius 2 is 2.19 bits per heavy atom. The van der Waals surface area contributed by atoms with E-state index >= 15 is 0 Å². The van der Waals surface area contributed by atoms with Crippen molar-refractivity contribution in [2.24, 2.45) is 5.73 Å². The molecule has 1 aromatic carbocycles. The van der Waals surface area contributed by atoms with E-state index in [-0.39, 0.29) is 10.9 Å². The van der Waals surface area contributed by atoms with Gasteiger partial charge in [0.15, 0.2) is 0 Å². The van der Waals surface area contributed by atoms with Crippen molar-refractivity contribution in [3.05, 3.63) is 45.9 Å². The van der Waals surface area contributed by atoms with E-state index in [9.17, 15) is 8.42 Å². The van der Waals surface area contributed by atoms with E-state index in [0.29, 0.717) is 13.0 Å². The number of aryl methyl sites for hydroxylation is 1. The molecule has 0 aliphatic carbocycles. The van der Waals surface area contributed by atoms with Gasteiger partial charge in [-0.25, -0.2) is 18.1 Å². The summed E-state index contributed by atoms with van der Waals surface area (Å²) in [7, 11) is -3.51. The van der Waals surface area contributed by atoms with Crippen LogP contribution in [0.25, 0.3) is 0 Å². The van der Waals surface area contributed by atoms with Crippen molar-refractivity contribution in [3.63, 3.8) is 0 Å². The maximum atomic E-state index is 12.2. The third-order valence-electron chi connectivity index (χ3n) is 3.03. The second-order valence-electron chi connectivity index (χ2n) is 4.87. The molecule has 0 fully saturated rings. The van der Waals surface area contributed by atoms with Gasteiger partial charge >= 0.3 is 0 Å². The molecule has 1 heterocycles. The van der Waals surface area contributed by atoms with Crippen LogP contribution in [0.1, 0.15) is 29.2 Å². The number of nitrogens with zero attached hydrogens (tertiary/aromatic N) is 1. The number of rotatable bonds is 6. The highest BCUT2D eigenvalue weighted by Gasteiger charge is 2.14. The molecule has 7 heteroatoms. The summed E-state index contributed by atoms with van der Waals surface area (Å²) in [6, 6.07) is 6.51. The molecule has 0 saturated carbocycles. The average molecular weight is 325 g/mol. The van der Waals surface area contributed by atoms with Crippen molar-refractivity contribution in [1.82, 2.24) is 9.71 Å². The molecule has 2 aromatic rings. The molecule has 0 radical (unpaired) electrons. The number of nitrogens with one attached hydrogen (secondary N) is 1. The van der Waals surface area contributed by atoms with Crippen LogP contribution < -0.4 is 10.5 Å². The summed E-state index contributed by atoms with van der Waals surface area (Å²) in [5, 5.41) is 2.93. The fourth-order valence-corrected chi connectivity index (χ4v) is 3.62. The smallest absolute Gasteiger partial charge is 0.240 e. The lowest BCUT2D eigenvalue weighted by Crippen LogP contribution is -2.26. The van der Waals surface area contributed by atoms with Crippen LogP contribution in [-0.4, -0.2) is 19.9 Å². The summed E-state index contributed by atoms with van der Waals surface area (Å²) in [5.41, 5.74) is 7.49. The first-order valence-corrected chi connectivity index (χ1v) is 9.01. The first kappa shape index (κ1) is 16.1. The molecule has 1 aromatic heterocycles. The average Bonchev–Trinajstić information content (AvgIpc) is 2.84. The van der Waals surface area contributed by atoms with Crippen LogP contribution >= 0.6 is 11.3 Å². The van der Waals surface area contributed by atoms with E-state index < -0.39 is 10.0 Å². The Morgan fingerprint density at radius 1 is 1.43 bits per heavy atom. The molecule has 0 saturated heterocycles. The quantitative estimate of drug-likeness (QED) is 0.850. The van der Waals surface area contributed by atoms with Gasteiger partial charge in [-0.2, -0.15) is 0 Å². The maximum Gasteiger partial charge on any atom is 0.240 e. The van der Waals surface area contributed by atoms with Gasteiger partial charge in [-0.05, 0) is 31.5 Å². The summed E-state index contributed by atoms with van der Waals surface area (Å²) in [4.78, 5) is 4.55. The van der Waals surface area contributed by atoms with Crippen molar-refractivity contribution in [1.29, 1.82) is 0 Å². The molecule has 0 aliphatic rings. The fourth-order valence-electron chi connectivity index (χ4n) is 1.88. The maximum absolute atomic E-state index is 12.2. The molecule has 0 aliphatic heterocycles. The van der Waals surface area contributed by atoms with Crippen molar-refractivity contribution >= 4 is 21.4 Å². The van der Waals surface area contributed by atoms with Gasteiger partial charge in [0.25, 0.3) is 0 Å². The van der Waals surface area contributed by atoms with Crippen LogP contribution in [-0.2, 0) is 16.4 Å². The van der Waals surface area contributed by atoms with Crippen molar-refractivity contribution in [3.8, 4) is 0 Å². The second kappa shape index (κ2) is 6.65. The van der Waals surface area contributed by atoms with Crippen LogP contribution in [0.15, 0.2) is 34.5 Å². The molecular weight excluding hydrogens is 306 g/mol. The van der Waals surface area contributed by atoms with E-state index in [1.165, 1.54) is 0 Å². The minimum Gasteiger partial charge on any atom is -0.324 e. The molecule has 1 unspecified atom stereocenters. The monoisotopic (exact) mass is 325 g/mol. The molecule has 1 atom stereocenters. The molecule has 21 heavy (non-hydrogen) atoms. The summed E-state index contributed by atoms with van der Waals surface area (Å²) in [6.45, 7) is 4.08. The summed E-state index contributed by atoms with van der Waals surface area (Å²) < 4.78 is 27.1.